The van der Waals surface area contributed by atoms with E-state index < -0.39 is 0 Å². The Morgan fingerprint density at radius 3 is 2.21 bits per heavy atom. The van der Waals surface area contributed by atoms with E-state index in [1.54, 1.807) is 0 Å². The second kappa shape index (κ2) is 3.93. The summed E-state index contributed by atoms with van der Waals surface area (Å²) in [6, 6.07) is 2.62. The highest BCUT2D eigenvalue weighted by atomic mass is 14.5. The largest absolute Gasteiger partial charge is 0.198 e. The van der Waals surface area contributed by atoms with E-state index in [1.165, 1.54) is 51.4 Å². The topological polar surface area (TPSA) is 23.8 Å². The van der Waals surface area contributed by atoms with E-state index in [0.717, 1.165) is 11.8 Å². The zero-order valence-electron chi connectivity index (χ0n) is 9.26. The van der Waals surface area contributed by atoms with Gasteiger partial charge < -0.3 is 0 Å². The van der Waals surface area contributed by atoms with Gasteiger partial charge in [-0.05, 0) is 37.5 Å². The van der Waals surface area contributed by atoms with Gasteiger partial charge in [0.05, 0.1) is 11.5 Å². The van der Waals surface area contributed by atoms with Gasteiger partial charge in [-0.3, -0.25) is 0 Å². The Morgan fingerprint density at radius 1 is 1.21 bits per heavy atom. The molecule has 2 aliphatic carbocycles. The molecule has 2 saturated carbocycles. The molecule has 2 rings (SSSR count). The van der Waals surface area contributed by atoms with Gasteiger partial charge in [0.15, 0.2) is 0 Å². The van der Waals surface area contributed by atoms with Crippen LogP contribution in [0.1, 0.15) is 58.3 Å². The number of hydrogen-bond donors (Lipinski definition) is 0. The average molecular weight is 191 g/mol. The van der Waals surface area contributed by atoms with Crippen molar-refractivity contribution in [3.8, 4) is 6.07 Å². The van der Waals surface area contributed by atoms with Crippen LogP contribution >= 0.6 is 0 Å². The average Bonchev–Trinajstić information content (AvgIpc) is 2.18. The molecule has 1 heteroatoms. The van der Waals surface area contributed by atoms with E-state index in [9.17, 15) is 5.26 Å². The van der Waals surface area contributed by atoms with E-state index in [-0.39, 0.29) is 5.41 Å². The summed E-state index contributed by atoms with van der Waals surface area (Å²) >= 11 is 0. The van der Waals surface area contributed by atoms with Crippen LogP contribution in [0.3, 0.4) is 0 Å². The van der Waals surface area contributed by atoms with Crippen molar-refractivity contribution in [3.63, 3.8) is 0 Å². The molecule has 0 aliphatic heterocycles. The maximum Gasteiger partial charge on any atom is 0.0692 e. The normalized spacial score (nSPS) is 35.7. The maximum atomic E-state index is 9.26. The minimum absolute atomic E-state index is 0.124. The highest BCUT2D eigenvalue weighted by Crippen LogP contribution is 2.52. The minimum Gasteiger partial charge on any atom is -0.198 e. The van der Waals surface area contributed by atoms with Gasteiger partial charge in [0, 0.05) is 0 Å². The van der Waals surface area contributed by atoms with Crippen molar-refractivity contribution >= 4 is 0 Å². The first-order valence-electron chi connectivity index (χ1n) is 6.22. The summed E-state index contributed by atoms with van der Waals surface area (Å²) in [5.41, 5.74) is 0.124. The maximum absolute atomic E-state index is 9.26. The second-order valence-electron chi connectivity index (χ2n) is 5.25. The van der Waals surface area contributed by atoms with Crippen molar-refractivity contribution < 1.29 is 0 Å². The van der Waals surface area contributed by atoms with Gasteiger partial charge in [-0.15, -0.1) is 0 Å². The fraction of sp³-hybridized carbons (Fsp3) is 0.923. The zero-order valence-corrected chi connectivity index (χ0v) is 9.26. The molecule has 0 N–H and O–H groups in total. The summed E-state index contributed by atoms with van der Waals surface area (Å²) in [6.45, 7) is 2.30. The number of rotatable bonds is 2. The fourth-order valence-electron chi connectivity index (χ4n) is 3.29. The molecule has 2 aliphatic rings. The summed E-state index contributed by atoms with van der Waals surface area (Å²) in [7, 11) is 0. The highest BCUT2D eigenvalue weighted by Gasteiger charge is 2.45. The zero-order chi connectivity index (χ0) is 10.0. The predicted octanol–water partition coefficient (Wildman–Crippen LogP) is 3.90. The van der Waals surface area contributed by atoms with E-state index in [2.05, 4.69) is 13.0 Å². The third kappa shape index (κ3) is 1.56. The van der Waals surface area contributed by atoms with Crippen LogP contribution in [0.25, 0.3) is 0 Å². The lowest BCUT2D eigenvalue weighted by atomic mass is 9.57. The van der Waals surface area contributed by atoms with E-state index in [1.807, 2.05) is 0 Å². The van der Waals surface area contributed by atoms with Crippen molar-refractivity contribution in [2.45, 2.75) is 58.3 Å². The quantitative estimate of drug-likeness (QED) is 0.649. The summed E-state index contributed by atoms with van der Waals surface area (Å²) in [5.74, 6) is 1.70. The molecule has 0 heterocycles. The van der Waals surface area contributed by atoms with Crippen LogP contribution in [0.4, 0.5) is 0 Å². The summed E-state index contributed by atoms with van der Waals surface area (Å²) in [4.78, 5) is 0. The number of hydrogen-bond acceptors (Lipinski definition) is 1. The fourth-order valence-corrected chi connectivity index (χ4v) is 3.29. The lowest BCUT2D eigenvalue weighted by molar-refractivity contribution is 0.0719. The molecule has 0 amide bonds. The van der Waals surface area contributed by atoms with Crippen LogP contribution in [0.2, 0.25) is 0 Å². The smallest absolute Gasteiger partial charge is 0.0692 e. The van der Waals surface area contributed by atoms with Gasteiger partial charge in [-0.1, -0.05) is 32.6 Å². The Hall–Kier alpha value is -0.510. The van der Waals surface area contributed by atoms with Crippen molar-refractivity contribution in [3.05, 3.63) is 0 Å². The Balaban J connectivity index is 1.92. The molecular formula is C13H21N. The van der Waals surface area contributed by atoms with Crippen molar-refractivity contribution in [1.82, 2.24) is 0 Å². The third-order valence-corrected chi connectivity index (χ3v) is 4.67. The lowest BCUT2D eigenvalue weighted by Gasteiger charge is -2.45. The van der Waals surface area contributed by atoms with E-state index in [4.69, 9.17) is 0 Å². The number of nitrogens with zero attached hydrogens (tertiary/aromatic N) is 1. The third-order valence-electron chi connectivity index (χ3n) is 4.67. The Bertz CT molecular complexity index is 226. The second-order valence-corrected chi connectivity index (χ2v) is 5.25. The molecule has 2 fully saturated rings. The highest BCUT2D eigenvalue weighted by molar-refractivity contribution is 5.08. The molecule has 0 spiro atoms. The summed E-state index contributed by atoms with van der Waals surface area (Å²) < 4.78 is 0. The lowest BCUT2D eigenvalue weighted by Crippen LogP contribution is -2.38. The summed E-state index contributed by atoms with van der Waals surface area (Å²) in [6.07, 6.45) is 10.4. The Morgan fingerprint density at radius 2 is 1.86 bits per heavy atom. The van der Waals surface area contributed by atoms with E-state index >= 15 is 0 Å². The minimum atomic E-state index is 0.124. The first kappa shape index (κ1) is 10.0. The molecule has 78 valence electrons. The van der Waals surface area contributed by atoms with Crippen LogP contribution in [0.5, 0.6) is 0 Å². The molecule has 1 nitrogen and oxygen atoms in total. The van der Waals surface area contributed by atoms with E-state index in [0.29, 0.717) is 0 Å². The van der Waals surface area contributed by atoms with Crippen molar-refractivity contribution in [1.29, 1.82) is 5.26 Å². The molecule has 0 bridgehead atoms. The first-order valence-corrected chi connectivity index (χ1v) is 6.22. The predicted molar refractivity (Wildman–Crippen MR) is 57.6 cm³/mol. The molecule has 0 aromatic heterocycles. The van der Waals surface area contributed by atoms with Crippen LogP contribution in [-0.2, 0) is 0 Å². The molecular weight excluding hydrogens is 170 g/mol. The molecule has 0 atom stereocenters. The van der Waals surface area contributed by atoms with Gasteiger partial charge in [-0.2, -0.15) is 5.26 Å². The van der Waals surface area contributed by atoms with Crippen LogP contribution in [-0.4, -0.2) is 0 Å². The van der Waals surface area contributed by atoms with Gasteiger partial charge in [0.2, 0.25) is 0 Å². The standard InChI is InChI=1S/C13H21N/c1-2-11-4-6-12(7-5-11)13(10-14)8-3-9-13/h11-12H,2-9H2,1H3. The van der Waals surface area contributed by atoms with Crippen molar-refractivity contribution in [2.75, 3.05) is 0 Å². The Kier molecular flexibility index (Phi) is 2.81. The molecule has 0 unspecified atom stereocenters. The Labute approximate surface area is 87.5 Å². The van der Waals surface area contributed by atoms with Crippen molar-refractivity contribution in [2.24, 2.45) is 17.3 Å². The van der Waals surface area contributed by atoms with Crippen LogP contribution in [0, 0.1) is 28.6 Å². The summed E-state index contributed by atoms with van der Waals surface area (Å²) in [5, 5.41) is 9.26. The molecule has 14 heavy (non-hydrogen) atoms. The number of nitriles is 1. The molecule has 0 aromatic carbocycles. The van der Waals surface area contributed by atoms with Gasteiger partial charge in [0.25, 0.3) is 0 Å². The van der Waals surface area contributed by atoms with Gasteiger partial charge in [-0.25, -0.2) is 0 Å². The van der Waals surface area contributed by atoms with Crippen LogP contribution < -0.4 is 0 Å². The monoisotopic (exact) mass is 191 g/mol. The molecule has 0 aromatic rings. The molecule has 0 saturated heterocycles. The first-order chi connectivity index (χ1) is 6.80. The van der Waals surface area contributed by atoms with Gasteiger partial charge >= 0.3 is 0 Å². The van der Waals surface area contributed by atoms with Crippen LogP contribution in [0.15, 0.2) is 0 Å². The van der Waals surface area contributed by atoms with Gasteiger partial charge in [0.1, 0.15) is 0 Å². The SMILES string of the molecule is CCC1CCC(C2(C#N)CCC2)CC1. The molecule has 0 radical (unpaired) electrons.